The van der Waals surface area contributed by atoms with Gasteiger partial charge in [-0.3, -0.25) is 4.79 Å². The summed E-state index contributed by atoms with van der Waals surface area (Å²) in [6.45, 7) is 0.433. The van der Waals surface area contributed by atoms with Crippen LogP contribution >= 0.6 is 27.5 Å². The largest absolute Gasteiger partial charge is 0.489 e. The highest BCUT2D eigenvalue weighted by atomic mass is 79.9. The van der Waals surface area contributed by atoms with E-state index in [1.54, 1.807) is 24.3 Å². The van der Waals surface area contributed by atoms with Gasteiger partial charge in [0.05, 0.1) is 5.02 Å². The zero-order chi connectivity index (χ0) is 17.6. The molecule has 0 saturated heterocycles. The van der Waals surface area contributed by atoms with E-state index >= 15 is 0 Å². The number of hydrogen-bond donors (Lipinski definition) is 1. The molecule has 1 heterocycles. The van der Waals surface area contributed by atoms with Gasteiger partial charge in [-0.2, -0.15) is 0 Å². The number of pyridine rings is 1. The van der Waals surface area contributed by atoms with Crippen molar-refractivity contribution in [2.24, 2.45) is 0 Å². The average molecular weight is 418 g/mol. The van der Waals surface area contributed by atoms with E-state index in [1.807, 2.05) is 36.4 Å². The lowest BCUT2D eigenvalue weighted by atomic mass is 10.1. The summed E-state index contributed by atoms with van der Waals surface area (Å²) in [6, 6.07) is 18.2. The van der Waals surface area contributed by atoms with Gasteiger partial charge in [0.1, 0.15) is 18.2 Å². The molecule has 2 aromatic carbocycles. The van der Waals surface area contributed by atoms with Crippen LogP contribution in [0.2, 0.25) is 5.02 Å². The molecule has 6 heteroatoms. The van der Waals surface area contributed by atoms with Crippen LogP contribution in [-0.2, 0) is 6.61 Å². The van der Waals surface area contributed by atoms with E-state index in [-0.39, 0.29) is 5.91 Å². The Labute approximate surface area is 158 Å². The zero-order valence-corrected chi connectivity index (χ0v) is 15.4. The molecule has 0 spiro atoms. The molecule has 0 saturated carbocycles. The first kappa shape index (κ1) is 17.5. The number of nitrogens with one attached hydrogen (secondary N) is 1. The minimum absolute atomic E-state index is 0.227. The molecule has 25 heavy (non-hydrogen) atoms. The average Bonchev–Trinajstić information content (AvgIpc) is 2.63. The number of anilines is 1. The molecule has 0 aliphatic rings. The van der Waals surface area contributed by atoms with Gasteiger partial charge in [-0.1, -0.05) is 39.7 Å². The maximum atomic E-state index is 12.2. The van der Waals surface area contributed by atoms with Crippen LogP contribution in [0.3, 0.4) is 0 Å². The monoisotopic (exact) mass is 416 g/mol. The van der Waals surface area contributed by atoms with Gasteiger partial charge < -0.3 is 10.1 Å². The topological polar surface area (TPSA) is 51.2 Å². The first-order valence-corrected chi connectivity index (χ1v) is 8.67. The van der Waals surface area contributed by atoms with E-state index in [1.165, 1.54) is 6.20 Å². The summed E-state index contributed by atoms with van der Waals surface area (Å²) >= 11 is 9.16. The number of rotatable bonds is 5. The molecule has 3 rings (SSSR count). The van der Waals surface area contributed by atoms with E-state index in [9.17, 15) is 4.79 Å². The van der Waals surface area contributed by atoms with Crippen LogP contribution in [0.15, 0.2) is 71.3 Å². The fourth-order valence-corrected chi connectivity index (χ4v) is 2.46. The van der Waals surface area contributed by atoms with E-state index in [0.29, 0.717) is 23.0 Å². The second-order valence-electron chi connectivity index (χ2n) is 5.26. The number of amides is 1. The summed E-state index contributed by atoms with van der Waals surface area (Å²) in [6.07, 6.45) is 1.49. The third-order valence-corrected chi connectivity index (χ3v) is 4.16. The fraction of sp³-hybridized carbons (Fsp3) is 0.0526. The number of hydrogen-bond acceptors (Lipinski definition) is 3. The van der Waals surface area contributed by atoms with Crippen molar-refractivity contribution in [2.45, 2.75) is 6.61 Å². The summed E-state index contributed by atoms with van der Waals surface area (Å²) in [7, 11) is 0. The van der Waals surface area contributed by atoms with Crippen molar-refractivity contribution in [3.05, 3.63) is 87.5 Å². The van der Waals surface area contributed by atoms with Crippen molar-refractivity contribution < 1.29 is 9.53 Å². The van der Waals surface area contributed by atoms with E-state index in [2.05, 4.69) is 26.2 Å². The summed E-state index contributed by atoms with van der Waals surface area (Å²) in [5.41, 5.74) is 1.52. The number of carbonyl (C=O) groups excluding carboxylic acids is 1. The van der Waals surface area contributed by atoms with Crippen LogP contribution < -0.4 is 10.1 Å². The molecular weight excluding hydrogens is 404 g/mol. The Balaban J connectivity index is 1.58. The summed E-state index contributed by atoms with van der Waals surface area (Å²) in [5, 5.41) is 3.25. The van der Waals surface area contributed by atoms with E-state index < -0.39 is 0 Å². The third kappa shape index (κ3) is 5.05. The number of nitrogens with zero attached hydrogens (tertiary/aromatic N) is 1. The third-order valence-electron chi connectivity index (χ3n) is 3.40. The first-order valence-electron chi connectivity index (χ1n) is 7.50. The zero-order valence-electron chi connectivity index (χ0n) is 13.1. The van der Waals surface area contributed by atoms with Gasteiger partial charge in [0.25, 0.3) is 5.91 Å². The lowest BCUT2D eigenvalue weighted by Crippen LogP contribution is -2.12. The number of carbonyl (C=O) groups is 1. The predicted molar refractivity (Wildman–Crippen MR) is 102 cm³/mol. The lowest BCUT2D eigenvalue weighted by molar-refractivity contribution is 0.102. The van der Waals surface area contributed by atoms with Gasteiger partial charge in [0.2, 0.25) is 0 Å². The maximum absolute atomic E-state index is 12.2. The number of halogens is 2. The number of benzene rings is 2. The van der Waals surface area contributed by atoms with Gasteiger partial charge in [0.15, 0.2) is 0 Å². The van der Waals surface area contributed by atoms with Gasteiger partial charge in [0, 0.05) is 16.2 Å². The van der Waals surface area contributed by atoms with Crippen molar-refractivity contribution in [1.29, 1.82) is 0 Å². The highest BCUT2D eigenvalue weighted by molar-refractivity contribution is 9.10. The normalized spacial score (nSPS) is 10.3. The maximum Gasteiger partial charge on any atom is 0.256 e. The molecule has 3 aromatic rings. The molecular formula is C19H14BrClN2O2. The second kappa shape index (κ2) is 8.14. The van der Waals surface area contributed by atoms with E-state index in [0.717, 1.165) is 15.8 Å². The minimum atomic E-state index is -0.227. The molecule has 0 bridgehead atoms. The lowest BCUT2D eigenvalue weighted by Gasteiger charge is -2.08. The predicted octanol–water partition coefficient (Wildman–Crippen LogP) is 5.33. The highest BCUT2D eigenvalue weighted by Gasteiger charge is 2.07. The molecule has 1 N–H and O–H groups in total. The Hall–Kier alpha value is -2.37. The van der Waals surface area contributed by atoms with Gasteiger partial charge in [-0.05, 0) is 54.1 Å². The Morgan fingerprint density at radius 1 is 1.04 bits per heavy atom. The van der Waals surface area contributed by atoms with Crippen molar-refractivity contribution in [3.63, 3.8) is 0 Å². The smallest absolute Gasteiger partial charge is 0.256 e. The van der Waals surface area contributed by atoms with Gasteiger partial charge in [-0.15, -0.1) is 0 Å². The van der Waals surface area contributed by atoms with Crippen LogP contribution in [0.5, 0.6) is 5.75 Å². The SMILES string of the molecule is O=C(Nc1ccc(Cl)cn1)c1ccc(COc2ccc(Br)cc2)cc1. The Kier molecular flexibility index (Phi) is 5.68. The molecule has 0 fully saturated rings. The van der Waals surface area contributed by atoms with Crippen LogP contribution in [0, 0.1) is 0 Å². The highest BCUT2D eigenvalue weighted by Crippen LogP contribution is 2.18. The standard InChI is InChI=1S/C19H14BrClN2O2/c20-15-5-8-17(9-6-15)25-12-13-1-3-14(4-2-13)19(24)23-18-10-7-16(21)11-22-18/h1-11H,12H2,(H,22,23,24). The molecule has 0 unspecified atom stereocenters. The Morgan fingerprint density at radius 3 is 2.40 bits per heavy atom. The number of ether oxygens (including phenoxy) is 1. The molecule has 0 aliphatic carbocycles. The summed E-state index contributed by atoms with van der Waals surface area (Å²) in [4.78, 5) is 16.2. The van der Waals surface area contributed by atoms with E-state index in [4.69, 9.17) is 16.3 Å². The molecule has 126 valence electrons. The van der Waals surface area contributed by atoms with Crippen molar-refractivity contribution in [2.75, 3.05) is 5.32 Å². The van der Waals surface area contributed by atoms with Crippen LogP contribution in [0.1, 0.15) is 15.9 Å². The molecule has 1 aromatic heterocycles. The summed E-state index contributed by atoms with van der Waals surface area (Å²) in [5.74, 6) is 1.02. The Morgan fingerprint density at radius 2 is 1.76 bits per heavy atom. The van der Waals surface area contributed by atoms with Crippen molar-refractivity contribution in [1.82, 2.24) is 4.98 Å². The summed E-state index contributed by atoms with van der Waals surface area (Å²) < 4.78 is 6.72. The molecule has 0 atom stereocenters. The van der Waals surface area contributed by atoms with Crippen LogP contribution in [0.25, 0.3) is 0 Å². The number of aromatic nitrogens is 1. The van der Waals surface area contributed by atoms with Gasteiger partial charge in [-0.25, -0.2) is 4.98 Å². The first-order chi connectivity index (χ1) is 12.1. The minimum Gasteiger partial charge on any atom is -0.489 e. The second-order valence-corrected chi connectivity index (χ2v) is 6.61. The van der Waals surface area contributed by atoms with Crippen molar-refractivity contribution >= 4 is 39.3 Å². The molecule has 0 aliphatic heterocycles. The van der Waals surface area contributed by atoms with Gasteiger partial charge >= 0.3 is 0 Å². The van der Waals surface area contributed by atoms with Crippen LogP contribution in [-0.4, -0.2) is 10.9 Å². The fourth-order valence-electron chi connectivity index (χ4n) is 2.09. The molecule has 1 amide bonds. The Bertz CT molecular complexity index is 850. The molecule has 4 nitrogen and oxygen atoms in total. The quantitative estimate of drug-likeness (QED) is 0.610. The van der Waals surface area contributed by atoms with Crippen molar-refractivity contribution in [3.8, 4) is 5.75 Å². The molecule has 0 radical (unpaired) electrons. The van der Waals surface area contributed by atoms with Crippen LogP contribution in [0.4, 0.5) is 5.82 Å².